The Hall–Kier alpha value is -0.230. The van der Waals surface area contributed by atoms with E-state index < -0.39 is 0 Å². The number of halogens is 1. The van der Waals surface area contributed by atoms with Crippen LogP contribution in [0.1, 0.15) is 25.2 Å². The maximum Gasteiger partial charge on any atom is 0.0850 e. The van der Waals surface area contributed by atoms with Crippen molar-refractivity contribution in [1.29, 1.82) is 0 Å². The molecule has 0 aromatic carbocycles. The summed E-state index contributed by atoms with van der Waals surface area (Å²) in [7, 11) is 1.99. The van der Waals surface area contributed by atoms with E-state index in [9.17, 15) is 0 Å². The summed E-state index contributed by atoms with van der Waals surface area (Å²) >= 11 is 8.45. The molecule has 1 fully saturated rings. The van der Waals surface area contributed by atoms with E-state index in [0.29, 0.717) is 0 Å². The number of nitrogens with zero attached hydrogens (tertiary/aromatic N) is 2. The Morgan fingerprint density at radius 3 is 2.90 bits per heavy atom. The fourth-order valence-corrected chi connectivity index (χ4v) is 3.87. The highest BCUT2D eigenvalue weighted by molar-refractivity contribution is 7.99. The third-order valence-corrected chi connectivity index (χ3v) is 5.22. The molecular formula is C14H24ClN3OS. The van der Waals surface area contributed by atoms with Crippen LogP contribution in [0, 0.1) is 0 Å². The average molecular weight is 318 g/mol. The molecule has 1 saturated heterocycles. The van der Waals surface area contributed by atoms with Gasteiger partial charge in [-0.2, -0.15) is 16.9 Å². The van der Waals surface area contributed by atoms with Crippen LogP contribution in [0.2, 0.25) is 5.02 Å². The van der Waals surface area contributed by atoms with Gasteiger partial charge in [-0.3, -0.25) is 4.68 Å². The third-order valence-electron chi connectivity index (χ3n) is 3.77. The fourth-order valence-electron chi connectivity index (χ4n) is 2.58. The second-order valence-corrected chi connectivity index (χ2v) is 6.49. The average Bonchev–Trinajstić information content (AvgIpc) is 2.81. The van der Waals surface area contributed by atoms with Crippen LogP contribution in [0.5, 0.6) is 0 Å². The van der Waals surface area contributed by atoms with Gasteiger partial charge in [0.05, 0.1) is 29.1 Å². The smallest absolute Gasteiger partial charge is 0.0850 e. The molecule has 1 N–H and O–H groups in total. The van der Waals surface area contributed by atoms with Crippen LogP contribution in [0.25, 0.3) is 0 Å². The van der Waals surface area contributed by atoms with E-state index in [0.717, 1.165) is 53.9 Å². The number of hydrogen-bond donors (Lipinski definition) is 1. The molecule has 2 unspecified atom stereocenters. The molecule has 0 bridgehead atoms. The van der Waals surface area contributed by atoms with Crippen LogP contribution in [0.3, 0.4) is 0 Å². The van der Waals surface area contributed by atoms with Gasteiger partial charge in [-0.1, -0.05) is 18.5 Å². The molecule has 1 aliphatic rings. The van der Waals surface area contributed by atoms with Gasteiger partial charge >= 0.3 is 0 Å². The third kappa shape index (κ3) is 3.50. The predicted octanol–water partition coefficient (Wildman–Crippen LogP) is 2.38. The lowest BCUT2D eigenvalue weighted by atomic mass is 10.1. The molecule has 0 spiro atoms. The SMILES string of the molecule is CCc1nn(CC)c(CC(NC)C2CSCCO2)c1Cl. The molecule has 2 rings (SSSR count). The van der Waals surface area contributed by atoms with Gasteiger partial charge in [-0.05, 0) is 20.4 Å². The number of likely N-dealkylation sites (N-methyl/N-ethyl adjacent to an activating group) is 1. The predicted molar refractivity (Wildman–Crippen MR) is 85.9 cm³/mol. The maximum absolute atomic E-state index is 6.49. The first-order valence-electron chi connectivity index (χ1n) is 7.31. The summed E-state index contributed by atoms with van der Waals surface area (Å²) in [6, 6.07) is 0.284. The zero-order valence-electron chi connectivity index (χ0n) is 12.5. The van der Waals surface area contributed by atoms with Gasteiger partial charge in [0.15, 0.2) is 0 Å². The van der Waals surface area contributed by atoms with E-state index in [1.807, 2.05) is 23.5 Å². The highest BCUT2D eigenvalue weighted by Crippen LogP contribution is 2.25. The van der Waals surface area contributed by atoms with Crippen molar-refractivity contribution < 1.29 is 4.74 Å². The molecule has 0 saturated carbocycles. The summed E-state index contributed by atoms with van der Waals surface area (Å²) in [6.45, 7) is 5.89. The highest BCUT2D eigenvalue weighted by Gasteiger charge is 2.26. The van der Waals surface area contributed by atoms with Crippen molar-refractivity contribution in [1.82, 2.24) is 15.1 Å². The van der Waals surface area contributed by atoms with E-state index in [1.54, 1.807) is 0 Å². The zero-order valence-corrected chi connectivity index (χ0v) is 14.1. The maximum atomic E-state index is 6.49. The Morgan fingerprint density at radius 1 is 1.55 bits per heavy atom. The fraction of sp³-hybridized carbons (Fsp3) is 0.786. The Kier molecular flexibility index (Phi) is 6.20. The van der Waals surface area contributed by atoms with Gasteiger partial charge in [-0.25, -0.2) is 0 Å². The molecule has 2 heterocycles. The van der Waals surface area contributed by atoms with E-state index in [1.165, 1.54) is 0 Å². The first-order valence-corrected chi connectivity index (χ1v) is 8.85. The number of rotatable bonds is 6. The standard InChI is InChI=1S/C14H24ClN3OS/c1-4-10-14(15)12(18(5-2)17-10)8-11(16-3)13-9-20-7-6-19-13/h11,13,16H,4-9H2,1-3H3. The highest BCUT2D eigenvalue weighted by atomic mass is 35.5. The van der Waals surface area contributed by atoms with Crippen LogP contribution in [0.15, 0.2) is 0 Å². The van der Waals surface area contributed by atoms with Gasteiger partial charge in [0, 0.05) is 30.5 Å². The van der Waals surface area contributed by atoms with Crippen molar-refractivity contribution in [3.05, 3.63) is 16.4 Å². The van der Waals surface area contributed by atoms with E-state index >= 15 is 0 Å². The second-order valence-electron chi connectivity index (χ2n) is 4.96. The Balaban J connectivity index is 2.15. The van der Waals surface area contributed by atoms with Crippen LogP contribution >= 0.6 is 23.4 Å². The molecule has 114 valence electrons. The normalized spacial score (nSPS) is 21.1. The van der Waals surface area contributed by atoms with Gasteiger partial charge in [0.1, 0.15) is 0 Å². The van der Waals surface area contributed by atoms with Crippen LogP contribution in [0.4, 0.5) is 0 Å². The largest absolute Gasteiger partial charge is 0.375 e. The van der Waals surface area contributed by atoms with Gasteiger partial charge in [-0.15, -0.1) is 0 Å². The molecular weight excluding hydrogens is 294 g/mol. The van der Waals surface area contributed by atoms with Crippen molar-refractivity contribution in [3.8, 4) is 0 Å². The van der Waals surface area contributed by atoms with Crippen LogP contribution in [-0.4, -0.2) is 47.1 Å². The molecule has 1 aliphatic heterocycles. The van der Waals surface area contributed by atoms with Crippen LogP contribution < -0.4 is 5.32 Å². The molecule has 0 aliphatic carbocycles. The van der Waals surface area contributed by atoms with Crippen molar-refractivity contribution in [2.75, 3.05) is 25.2 Å². The minimum absolute atomic E-state index is 0.250. The Labute approximate surface area is 130 Å². The summed E-state index contributed by atoms with van der Waals surface area (Å²) < 4.78 is 7.92. The van der Waals surface area contributed by atoms with Gasteiger partial charge < -0.3 is 10.1 Å². The molecule has 20 heavy (non-hydrogen) atoms. The molecule has 1 aromatic heterocycles. The van der Waals surface area contributed by atoms with Crippen molar-refractivity contribution in [3.63, 3.8) is 0 Å². The zero-order chi connectivity index (χ0) is 14.5. The summed E-state index contributed by atoms with van der Waals surface area (Å²) in [5.74, 6) is 2.14. The van der Waals surface area contributed by atoms with Crippen molar-refractivity contribution in [2.45, 2.75) is 45.4 Å². The first-order chi connectivity index (χ1) is 9.71. The van der Waals surface area contributed by atoms with Crippen LogP contribution in [-0.2, 0) is 24.1 Å². The van der Waals surface area contributed by atoms with Gasteiger partial charge in [0.2, 0.25) is 0 Å². The molecule has 0 radical (unpaired) electrons. The van der Waals surface area contributed by atoms with Gasteiger partial charge in [0.25, 0.3) is 0 Å². The number of nitrogens with one attached hydrogen (secondary N) is 1. The number of thioether (sulfide) groups is 1. The summed E-state index contributed by atoms with van der Waals surface area (Å²) in [4.78, 5) is 0. The quantitative estimate of drug-likeness (QED) is 0.874. The lowest BCUT2D eigenvalue weighted by Crippen LogP contribution is -2.45. The first kappa shape index (κ1) is 16.1. The topological polar surface area (TPSA) is 39.1 Å². The molecule has 0 amide bonds. The van der Waals surface area contributed by atoms with E-state index in [-0.39, 0.29) is 12.1 Å². The summed E-state index contributed by atoms with van der Waals surface area (Å²) in [5, 5.41) is 8.81. The number of aromatic nitrogens is 2. The van der Waals surface area contributed by atoms with E-state index in [2.05, 4.69) is 24.3 Å². The van der Waals surface area contributed by atoms with E-state index in [4.69, 9.17) is 16.3 Å². The molecule has 6 heteroatoms. The lowest BCUT2D eigenvalue weighted by molar-refractivity contribution is 0.0487. The Morgan fingerprint density at radius 2 is 2.35 bits per heavy atom. The molecule has 2 atom stereocenters. The van der Waals surface area contributed by atoms with Crippen molar-refractivity contribution >= 4 is 23.4 Å². The summed E-state index contributed by atoms with van der Waals surface area (Å²) in [5.41, 5.74) is 2.13. The lowest BCUT2D eigenvalue weighted by Gasteiger charge is -2.30. The molecule has 1 aromatic rings. The molecule has 4 nitrogen and oxygen atoms in total. The monoisotopic (exact) mass is 317 g/mol. The Bertz CT molecular complexity index is 432. The minimum Gasteiger partial charge on any atom is -0.375 e. The van der Waals surface area contributed by atoms with Crippen molar-refractivity contribution in [2.24, 2.45) is 0 Å². The number of aryl methyl sites for hydroxylation is 2. The second kappa shape index (κ2) is 7.69. The number of hydrogen-bond acceptors (Lipinski definition) is 4. The summed E-state index contributed by atoms with van der Waals surface area (Å²) in [6.07, 6.45) is 1.99. The minimum atomic E-state index is 0.250. The number of ether oxygens (including phenoxy) is 1.